The van der Waals surface area contributed by atoms with E-state index in [2.05, 4.69) is 54.6 Å². The zero-order chi connectivity index (χ0) is 23.9. The highest BCUT2D eigenvalue weighted by Gasteiger charge is 2.33. The average Bonchev–Trinajstić information content (AvgIpc) is 2.75. The van der Waals surface area contributed by atoms with Crippen molar-refractivity contribution in [1.82, 2.24) is 0 Å². The molecular formula is C28H35O4S+. The topological polar surface area (TPSA) is 36.9 Å². The van der Waals surface area contributed by atoms with Gasteiger partial charge in [0, 0.05) is 6.07 Å². The van der Waals surface area contributed by atoms with E-state index in [1.807, 2.05) is 65.8 Å². The zero-order valence-electron chi connectivity index (χ0n) is 20.5. The van der Waals surface area contributed by atoms with Crippen molar-refractivity contribution in [3.05, 3.63) is 78.9 Å². The summed E-state index contributed by atoms with van der Waals surface area (Å²) in [5, 5.41) is 0. The first-order valence-electron chi connectivity index (χ1n) is 11.1. The molecule has 0 spiro atoms. The predicted molar refractivity (Wildman–Crippen MR) is 134 cm³/mol. The Bertz CT molecular complexity index is 952. The van der Waals surface area contributed by atoms with E-state index in [9.17, 15) is 0 Å². The smallest absolute Gasteiger partial charge is 0.212 e. The number of ether oxygens (including phenoxy) is 4. The quantitative estimate of drug-likeness (QED) is 0.249. The van der Waals surface area contributed by atoms with Gasteiger partial charge in [-0.15, -0.1) is 0 Å². The van der Waals surface area contributed by atoms with E-state index in [1.165, 1.54) is 9.79 Å². The van der Waals surface area contributed by atoms with E-state index >= 15 is 0 Å². The Kier molecular flexibility index (Phi) is 8.46. The minimum absolute atomic E-state index is 0.171. The van der Waals surface area contributed by atoms with Crippen LogP contribution in [-0.2, 0) is 20.4 Å². The summed E-state index contributed by atoms with van der Waals surface area (Å²) >= 11 is 0. The van der Waals surface area contributed by atoms with Crippen LogP contribution in [0.25, 0.3) is 0 Å². The molecule has 0 aromatic heterocycles. The Morgan fingerprint density at radius 2 is 1.09 bits per heavy atom. The summed E-state index contributed by atoms with van der Waals surface area (Å²) in [6, 6.07) is 26.9. The first kappa shape index (κ1) is 25.2. The minimum atomic E-state index is -0.385. The van der Waals surface area contributed by atoms with Crippen LogP contribution in [0.4, 0.5) is 0 Å². The van der Waals surface area contributed by atoms with E-state index in [0.717, 1.165) is 16.4 Å². The Morgan fingerprint density at radius 3 is 1.58 bits per heavy atom. The minimum Gasteiger partial charge on any atom is -0.467 e. The van der Waals surface area contributed by atoms with Crippen LogP contribution in [0.5, 0.6) is 11.5 Å². The van der Waals surface area contributed by atoms with Crippen LogP contribution >= 0.6 is 0 Å². The van der Waals surface area contributed by atoms with Gasteiger partial charge in [0.25, 0.3) is 0 Å². The summed E-state index contributed by atoms with van der Waals surface area (Å²) in [7, 11) is -0.385. The summed E-state index contributed by atoms with van der Waals surface area (Å²) in [6.07, 6.45) is 0. The van der Waals surface area contributed by atoms with Crippen molar-refractivity contribution in [2.75, 3.05) is 13.6 Å². The van der Waals surface area contributed by atoms with Gasteiger partial charge in [0.05, 0.1) is 11.2 Å². The summed E-state index contributed by atoms with van der Waals surface area (Å²) in [6.45, 7) is 12.4. The van der Waals surface area contributed by atoms with Crippen LogP contribution in [-0.4, -0.2) is 24.8 Å². The molecule has 0 fully saturated rings. The van der Waals surface area contributed by atoms with Crippen LogP contribution in [0.1, 0.15) is 41.5 Å². The van der Waals surface area contributed by atoms with Crippen molar-refractivity contribution in [3.63, 3.8) is 0 Å². The predicted octanol–water partition coefficient (Wildman–Crippen LogP) is 7.08. The van der Waals surface area contributed by atoms with Gasteiger partial charge < -0.3 is 18.9 Å². The van der Waals surface area contributed by atoms with Gasteiger partial charge in [0.15, 0.2) is 29.1 Å². The van der Waals surface area contributed by atoms with Crippen LogP contribution in [0, 0.1) is 0 Å². The molecule has 0 aliphatic carbocycles. The molecule has 0 saturated carbocycles. The van der Waals surface area contributed by atoms with Crippen molar-refractivity contribution in [1.29, 1.82) is 0 Å². The fourth-order valence-corrected chi connectivity index (χ4v) is 5.10. The van der Waals surface area contributed by atoms with Crippen LogP contribution in [0.15, 0.2) is 93.5 Å². The van der Waals surface area contributed by atoms with Gasteiger partial charge in [-0.2, -0.15) is 0 Å². The van der Waals surface area contributed by atoms with E-state index in [0.29, 0.717) is 0 Å². The summed E-state index contributed by atoms with van der Waals surface area (Å²) in [5.74, 6) is 1.52. The second-order valence-electron chi connectivity index (χ2n) is 9.58. The monoisotopic (exact) mass is 467 g/mol. The van der Waals surface area contributed by atoms with Gasteiger partial charge in [0.1, 0.15) is 16.6 Å². The molecule has 0 amide bonds. The fourth-order valence-electron chi connectivity index (χ4n) is 2.90. The maximum atomic E-state index is 6.15. The largest absolute Gasteiger partial charge is 0.467 e. The summed E-state index contributed by atoms with van der Waals surface area (Å²) in [4.78, 5) is 3.44. The summed E-state index contributed by atoms with van der Waals surface area (Å²) < 4.78 is 23.7. The zero-order valence-corrected chi connectivity index (χ0v) is 21.3. The highest BCUT2D eigenvalue weighted by atomic mass is 32.2. The Labute approximate surface area is 201 Å². The van der Waals surface area contributed by atoms with E-state index < -0.39 is 0 Å². The molecule has 0 N–H and O–H groups in total. The lowest BCUT2D eigenvalue weighted by Crippen LogP contribution is -2.22. The molecule has 3 rings (SSSR count). The Balaban J connectivity index is 1.99. The van der Waals surface area contributed by atoms with Crippen molar-refractivity contribution in [2.24, 2.45) is 0 Å². The van der Waals surface area contributed by atoms with E-state index in [-0.39, 0.29) is 35.7 Å². The molecule has 3 aromatic carbocycles. The SMILES string of the molecule is CC(C)(C)OCOc1ccc(OCOC(C)(C)C)c([S+](c2ccccc2)c2ccccc2)c1. The molecule has 4 nitrogen and oxygen atoms in total. The third-order valence-electron chi connectivity index (χ3n) is 4.52. The maximum Gasteiger partial charge on any atom is 0.212 e. The van der Waals surface area contributed by atoms with Crippen LogP contribution < -0.4 is 9.47 Å². The molecule has 176 valence electrons. The van der Waals surface area contributed by atoms with Gasteiger partial charge in [-0.05, 0) is 77.9 Å². The number of hydrogen-bond donors (Lipinski definition) is 0. The van der Waals surface area contributed by atoms with Crippen molar-refractivity contribution < 1.29 is 18.9 Å². The second-order valence-corrected chi connectivity index (χ2v) is 11.6. The van der Waals surface area contributed by atoms with Gasteiger partial charge in [-0.3, -0.25) is 0 Å². The molecule has 0 bridgehead atoms. The lowest BCUT2D eigenvalue weighted by atomic mass is 10.2. The number of hydrogen-bond acceptors (Lipinski definition) is 4. The van der Waals surface area contributed by atoms with E-state index in [4.69, 9.17) is 18.9 Å². The molecule has 0 saturated heterocycles. The maximum absolute atomic E-state index is 6.15. The molecule has 3 aromatic rings. The van der Waals surface area contributed by atoms with Gasteiger partial charge >= 0.3 is 0 Å². The summed E-state index contributed by atoms with van der Waals surface area (Å²) in [5.41, 5.74) is -0.553. The van der Waals surface area contributed by atoms with Gasteiger partial charge in [-0.25, -0.2) is 0 Å². The van der Waals surface area contributed by atoms with Gasteiger partial charge in [-0.1, -0.05) is 36.4 Å². The van der Waals surface area contributed by atoms with E-state index in [1.54, 1.807) is 0 Å². The molecule has 0 aliphatic rings. The highest BCUT2D eigenvalue weighted by Crippen LogP contribution is 2.39. The van der Waals surface area contributed by atoms with Crippen LogP contribution in [0.3, 0.4) is 0 Å². The average molecular weight is 468 g/mol. The third-order valence-corrected chi connectivity index (χ3v) is 6.76. The normalized spacial score (nSPS) is 12.1. The molecule has 33 heavy (non-hydrogen) atoms. The number of benzene rings is 3. The molecule has 0 heterocycles. The van der Waals surface area contributed by atoms with Gasteiger partial charge in [0.2, 0.25) is 4.90 Å². The lowest BCUT2D eigenvalue weighted by molar-refractivity contribution is -0.0782. The van der Waals surface area contributed by atoms with Crippen molar-refractivity contribution >= 4 is 10.9 Å². The second kappa shape index (κ2) is 11.1. The molecule has 0 radical (unpaired) electrons. The Hall–Kier alpha value is -2.47. The first-order valence-corrected chi connectivity index (χ1v) is 12.4. The molecule has 0 atom stereocenters. The Morgan fingerprint density at radius 1 is 0.606 bits per heavy atom. The standard InChI is InChI=1S/C28H35O4S/c1-27(2,3)31-20-29-22-17-18-25(30-21-32-28(4,5)6)26(19-22)33(23-13-9-7-10-14-23)24-15-11-8-12-16-24/h7-19H,20-21H2,1-6H3/q+1. The molecule has 0 unspecified atom stereocenters. The fraction of sp³-hybridized carbons (Fsp3) is 0.357. The number of rotatable bonds is 9. The van der Waals surface area contributed by atoms with Crippen molar-refractivity contribution in [3.8, 4) is 11.5 Å². The molecule has 0 aliphatic heterocycles. The van der Waals surface area contributed by atoms with Crippen LogP contribution in [0.2, 0.25) is 0 Å². The molecular weight excluding hydrogens is 432 g/mol. The lowest BCUT2D eigenvalue weighted by Gasteiger charge is -2.21. The highest BCUT2D eigenvalue weighted by molar-refractivity contribution is 7.97. The third kappa shape index (κ3) is 8.11. The first-order chi connectivity index (χ1) is 15.6. The molecule has 5 heteroatoms. The van der Waals surface area contributed by atoms with Crippen molar-refractivity contribution in [2.45, 2.75) is 67.4 Å².